The van der Waals surface area contributed by atoms with Crippen LogP contribution in [0.2, 0.25) is 0 Å². The lowest BCUT2D eigenvalue weighted by molar-refractivity contribution is -0.134. The molecule has 2 aliphatic rings. The molecule has 2 fully saturated rings. The van der Waals surface area contributed by atoms with Crippen LogP contribution in [0, 0.1) is 5.41 Å². The van der Waals surface area contributed by atoms with Crippen molar-refractivity contribution in [2.24, 2.45) is 5.41 Å². The van der Waals surface area contributed by atoms with Crippen molar-refractivity contribution in [2.75, 3.05) is 13.1 Å². The second kappa shape index (κ2) is 5.61. The van der Waals surface area contributed by atoms with E-state index < -0.39 is 6.04 Å². The number of nitrogens with zero attached hydrogens (tertiary/aromatic N) is 2. The van der Waals surface area contributed by atoms with Gasteiger partial charge in [-0.25, -0.2) is 4.98 Å². The molecule has 2 aromatic rings. The molecule has 126 valence electrons. The van der Waals surface area contributed by atoms with Crippen LogP contribution in [0.1, 0.15) is 43.2 Å². The average Bonchev–Trinajstić information content (AvgIpc) is 3.20. The van der Waals surface area contributed by atoms with E-state index in [1.165, 1.54) is 12.8 Å². The molecule has 4 rings (SSSR count). The normalized spacial score (nSPS) is 20.1. The van der Waals surface area contributed by atoms with Gasteiger partial charge in [0.1, 0.15) is 6.04 Å². The molecule has 1 aliphatic carbocycles. The molecule has 24 heavy (non-hydrogen) atoms. The molecule has 0 bridgehead atoms. The molecular weight excluding hydrogens is 304 g/mol. The number of likely N-dealkylation sites (tertiary alicyclic amines) is 1. The van der Waals surface area contributed by atoms with E-state index in [1.807, 2.05) is 29.2 Å². The van der Waals surface area contributed by atoms with Crippen molar-refractivity contribution in [1.82, 2.24) is 20.2 Å². The molecule has 1 aromatic heterocycles. The maximum absolute atomic E-state index is 12.5. The number of carbonyl (C=O) groups excluding carboxylic acids is 2. The van der Waals surface area contributed by atoms with Crippen LogP contribution in [-0.4, -0.2) is 45.8 Å². The molecule has 2 heterocycles. The highest BCUT2D eigenvalue weighted by Crippen LogP contribution is 2.53. The van der Waals surface area contributed by atoms with Crippen LogP contribution in [0.4, 0.5) is 0 Å². The Morgan fingerprint density at radius 1 is 1.21 bits per heavy atom. The molecule has 0 unspecified atom stereocenters. The summed E-state index contributed by atoms with van der Waals surface area (Å²) in [5.74, 6) is -0.107. The molecule has 1 saturated carbocycles. The standard InChI is InChI=1S/C18H22N4O2/c1-12(17(24)22-10-8-18(6-7-18)9-11-22)19-16(23)15-20-13-4-2-3-5-14(13)21-15/h2-5,12H,6-11H2,1H3,(H,19,23)(H,20,21)/t12-/m1/s1. The number of rotatable bonds is 3. The zero-order chi connectivity index (χ0) is 16.7. The Bertz CT molecular complexity index is 750. The van der Waals surface area contributed by atoms with Crippen molar-refractivity contribution < 1.29 is 9.59 Å². The minimum Gasteiger partial charge on any atom is -0.341 e. The van der Waals surface area contributed by atoms with Crippen molar-refractivity contribution in [1.29, 1.82) is 0 Å². The first-order chi connectivity index (χ1) is 11.6. The molecule has 1 aromatic carbocycles. The van der Waals surface area contributed by atoms with Gasteiger partial charge in [-0.3, -0.25) is 9.59 Å². The fourth-order valence-electron chi connectivity index (χ4n) is 3.54. The van der Waals surface area contributed by atoms with Crippen LogP contribution in [0.5, 0.6) is 0 Å². The number of hydrogen-bond acceptors (Lipinski definition) is 3. The number of benzene rings is 1. The van der Waals surface area contributed by atoms with E-state index >= 15 is 0 Å². The summed E-state index contributed by atoms with van der Waals surface area (Å²) in [4.78, 5) is 34.0. The molecule has 1 atom stereocenters. The minimum absolute atomic E-state index is 0.00467. The number of fused-ring (bicyclic) bond motifs is 1. The largest absolute Gasteiger partial charge is 0.341 e. The van der Waals surface area contributed by atoms with Gasteiger partial charge in [0, 0.05) is 13.1 Å². The molecule has 6 nitrogen and oxygen atoms in total. The number of imidazole rings is 1. The van der Waals surface area contributed by atoms with Crippen LogP contribution in [0.3, 0.4) is 0 Å². The Balaban J connectivity index is 1.38. The molecule has 1 saturated heterocycles. The number of para-hydroxylation sites is 2. The highest BCUT2D eigenvalue weighted by atomic mass is 16.2. The van der Waals surface area contributed by atoms with Gasteiger partial charge < -0.3 is 15.2 Å². The van der Waals surface area contributed by atoms with Gasteiger partial charge in [-0.05, 0) is 50.2 Å². The topological polar surface area (TPSA) is 78.1 Å². The van der Waals surface area contributed by atoms with Gasteiger partial charge in [0.15, 0.2) is 5.82 Å². The van der Waals surface area contributed by atoms with Gasteiger partial charge in [0.2, 0.25) is 5.91 Å². The number of piperidine rings is 1. The Labute approximate surface area is 140 Å². The van der Waals surface area contributed by atoms with Crippen LogP contribution in [0.25, 0.3) is 11.0 Å². The number of hydrogen-bond donors (Lipinski definition) is 2. The van der Waals surface area contributed by atoms with E-state index in [2.05, 4.69) is 15.3 Å². The van der Waals surface area contributed by atoms with E-state index in [9.17, 15) is 9.59 Å². The first-order valence-corrected chi connectivity index (χ1v) is 8.61. The third-order valence-corrected chi connectivity index (χ3v) is 5.42. The maximum atomic E-state index is 12.5. The Morgan fingerprint density at radius 3 is 2.58 bits per heavy atom. The van der Waals surface area contributed by atoms with Crippen molar-refractivity contribution in [3.8, 4) is 0 Å². The molecule has 2 amide bonds. The molecule has 2 N–H and O–H groups in total. The maximum Gasteiger partial charge on any atom is 0.287 e. The summed E-state index contributed by atoms with van der Waals surface area (Å²) in [7, 11) is 0. The second-order valence-corrected chi connectivity index (χ2v) is 7.12. The van der Waals surface area contributed by atoms with E-state index in [4.69, 9.17) is 0 Å². The van der Waals surface area contributed by atoms with Crippen molar-refractivity contribution in [3.63, 3.8) is 0 Å². The SMILES string of the molecule is C[C@@H](NC(=O)c1nc2ccccc2[nH]1)C(=O)N1CCC2(CC1)CC2. The summed E-state index contributed by atoms with van der Waals surface area (Å²) < 4.78 is 0. The summed E-state index contributed by atoms with van der Waals surface area (Å²) >= 11 is 0. The third kappa shape index (κ3) is 2.77. The summed E-state index contributed by atoms with van der Waals surface area (Å²) in [6, 6.07) is 6.93. The smallest absolute Gasteiger partial charge is 0.287 e. The predicted octanol–water partition coefficient (Wildman–Crippen LogP) is 2.08. The zero-order valence-corrected chi connectivity index (χ0v) is 13.8. The van der Waals surface area contributed by atoms with Crippen molar-refractivity contribution in [2.45, 2.75) is 38.6 Å². The molecule has 0 radical (unpaired) electrons. The minimum atomic E-state index is -0.543. The van der Waals surface area contributed by atoms with Gasteiger partial charge in [0.25, 0.3) is 5.91 Å². The van der Waals surface area contributed by atoms with Crippen LogP contribution < -0.4 is 5.32 Å². The lowest BCUT2D eigenvalue weighted by atomic mass is 9.93. The zero-order valence-electron chi connectivity index (χ0n) is 13.8. The quantitative estimate of drug-likeness (QED) is 0.906. The monoisotopic (exact) mass is 326 g/mol. The Morgan fingerprint density at radius 2 is 1.92 bits per heavy atom. The molecular formula is C18H22N4O2. The van der Waals surface area contributed by atoms with Crippen LogP contribution in [0.15, 0.2) is 24.3 Å². The van der Waals surface area contributed by atoms with Gasteiger partial charge in [-0.2, -0.15) is 0 Å². The fraction of sp³-hybridized carbons (Fsp3) is 0.500. The van der Waals surface area contributed by atoms with E-state index in [0.717, 1.165) is 37.0 Å². The second-order valence-electron chi connectivity index (χ2n) is 7.12. The number of carbonyl (C=O) groups is 2. The van der Waals surface area contributed by atoms with Gasteiger partial charge in [-0.15, -0.1) is 0 Å². The fourth-order valence-corrected chi connectivity index (χ4v) is 3.54. The van der Waals surface area contributed by atoms with E-state index in [0.29, 0.717) is 5.41 Å². The summed E-state index contributed by atoms with van der Waals surface area (Å²) in [5, 5.41) is 2.77. The summed E-state index contributed by atoms with van der Waals surface area (Å²) in [6.45, 7) is 3.36. The molecule has 1 aliphatic heterocycles. The Kier molecular flexibility index (Phi) is 3.55. The van der Waals surface area contributed by atoms with Crippen molar-refractivity contribution in [3.05, 3.63) is 30.1 Å². The van der Waals surface area contributed by atoms with Crippen LogP contribution >= 0.6 is 0 Å². The number of amides is 2. The lowest BCUT2D eigenvalue weighted by Crippen LogP contribution is -2.49. The summed E-state index contributed by atoms with van der Waals surface area (Å²) in [5.41, 5.74) is 2.09. The van der Waals surface area contributed by atoms with Gasteiger partial charge >= 0.3 is 0 Å². The molecule has 1 spiro atoms. The first-order valence-electron chi connectivity index (χ1n) is 8.61. The van der Waals surface area contributed by atoms with E-state index in [1.54, 1.807) is 6.92 Å². The summed E-state index contributed by atoms with van der Waals surface area (Å²) in [6.07, 6.45) is 4.83. The predicted molar refractivity (Wildman–Crippen MR) is 90.5 cm³/mol. The highest BCUT2D eigenvalue weighted by Gasteiger charge is 2.45. The highest BCUT2D eigenvalue weighted by molar-refractivity contribution is 5.97. The number of aromatic amines is 1. The average molecular weight is 326 g/mol. The van der Waals surface area contributed by atoms with Crippen LogP contribution in [-0.2, 0) is 4.79 Å². The third-order valence-electron chi connectivity index (χ3n) is 5.42. The number of H-pyrrole nitrogens is 1. The lowest BCUT2D eigenvalue weighted by Gasteiger charge is -2.33. The van der Waals surface area contributed by atoms with Gasteiger partial charge in [-0.1, -0.05) is 12.1 Å². The van der Waals surface area contributed by atoms with E-state index in [-0.39, 0.29) is 17.6 Å². The Hall–Kier alpha value is -2.37. The molecule has 6 heteroatoms. The number of aromatic nitrogens is 2. The first kappa shape index (κ1) is 15.2. The number of nitrogens with one attached hydrogen (secondary N) is 2. The van der Waals surface area contributed by atoms with Gasteiger partial charge in [0.05, 0.1) is 11.0 Å². The van der Waals surface area contributed by atoms with Crippen molar-refractivity contribution >= 4 is 22.8 Å².